The summed E-state index contributed by atoms with van der Waals surface area (Å²) in [6, 6.07) is 6.38. The molecule has 1 heterocycles. The van der Waals surface area contributed by atoms with E-state index in [9.17, 15) is 0 Å². The summed E-state index contributed by atoms with van der Waals surface area (Å²) in [6.07, 6.45) is 4.32. The molecule has 2 heteroatoms. The molecule has 0 unspecified atom stereocenters. The summed E-state index contributed by atoms with van der Waals surface area (Å²) in [5, 5.41) is 0. The second kappa shape index (κ2) is 2.91. The van der Waals surface area contributed by atoms with Crippen molar-refractivity contribution >= 4 is 11.4 Å². The van der Waals surface area contributed by atoms with Gasteiger partial charge in [-0.15, -0.1) is 0 Å². The van der Waals surface area contributed by atoms with E-state index in [-0.39, 0.29) is 0 Å². The normalized spacial score (nSPS) is 22.3. The van der Waals surface area contributed by atoms with Gasteiger partial charge in [0.2, 0.25) is 0 Å². The molecule has 1 aromatic rings. The van der Waals surface area contributed by atoms with Crippen molar-refractivity contribution in [3.8, 4) is 0 Å². The van der Waals surface area contributed by atoms with Gasteiger partial charge in [0.05, 0.1) is 0 Å². The lowest BCUT2D eigenvalue weighted by Crippen LogP contribution is -2.59. The molecule has 2 fully saturated rings. The number of aryl methyl sites for hydroxylation is 1. The summed E-state index contributed by atoms with van der Waals surface area (Å²) in [7, 11) is 0. The maximum absolute atomic E-state index is 5.82. The number of hydrogen-bond donors (Lipinski definition) is 1. The molecule has 1 aromatic carbocycles. The first-order valence-electron chi connectivity index (χ1n) is 5.80. The van der Waals surface area contributed by atoms with Crippen LogP contribution >= 0.6 is 0 Å². The molecule has 3 rings (SSSR count). The lowest BCUT2D eigenvalue weighted by Gasteiger charge is -2.57. The Kier molecular flexibility index (Phi) is 1.76. The molecule has 80 valence electrons. The summed E-state index contributed by atoms with van der Waals surface area (Å²) in [4.78, 5) is 2.48. The fraction of sp³-hybridized carbons (Fsp3) is 0.538. The van der Waals surface area contributed by atoms with E-state index in [0.717, 1.165) is 5.69 Å². The molecule has 2 aliphatic rings. The Hall–Kier alpha value is -1.18. The van der Waals surface area contributed by atoms with Crippen molar-refractivity contribution in [1.82, 2.24) is 0 Å². The van der Waals surface area contributed by atoms with Crippen molar-refractivity contribution in [1.29, 1.82) is 0 Å². The number of nitrogen functional groups attached to an aromatic ring is 1. The van der Waals surface area contributed by atoms with Crippen LogP contribution in [0.25, 0.3) is 0 Å². The minimum Gasteiger partial charge on any atom is -0.399 e. The monoisotopic (exact) mass is 202 g/mol. The lowest BCUT2D eigenvalue weighted by molar-refractivity contribution is 0.0904. The fourth-order valence-corrected chi connectivity index (χ4v) is 2.80. The van der Waals surface area contributed by atoms with Crippen LogP contribution in [0.2, 0.25) is 0 Å². The largest absolute Gasteiger partial charge is 0.399 e. The van der Waals surface area contributed by atoms with E-state index in [0.29, 0.717) is 5.41 Å². The zero-order chi connectivity index (χ0) is 10.5. The van der Waals surface area contributed by atoms with Gasteiger partial charge in [-0.2, -0.15) is 0 Å². The van der Waals surface area contributed by atoms with E-state index in [1.54, 1.807) is 0 Å². The SMILES string of the molecule is Cc1cc(N2CC3(CCC3)C2)ccc1N. The molecule has 1 aliphatic heterocycles. The lowest BCUT2D eigenvalue weighted by atomic mass is 9.63. The van der Waals surface area contributed by atoms with Crippen LogP contribution in [0.4, 0.5) is 11.4 Å². The van der Waals surface area contributed by atoms with Crippen LogP contribution < -0.4 is 10.6 Å². The van der Waals surface area contributed by atoms with Gasteiger partial charge >= 0.3 is 0 Å². The molecule has 2 nitrogen and oxygen atoms in total. The van der Waals surface area contributed by atoms with Crippen molar-refractivity contribution in [2.24, 2.45) is 5.41 Å². The number of anilines is 2. The quantitative estimate of drug-likeness (QED) is 0.709. The Morgan fingerprint density at radius 1 is 1.27 bits per heavy atom. The standard InChI is InChI=1S/C13H18N2/c1-10-7-11(3-4-12(10)14)15-8-13(9-15)5-2-6-13/h3-4,7H,2,5-6,8-9,14H2,1H3. The zero-order valence-electron chi connectivity index (χ0n) is 9.29. The fourth-order valence-electron chi connectivity index (χ4n) is 2.80. The molecule has 0 bridgehead atoms. The minimum atomic E-state index is 0.704. The summed E-state index contributed by atoms with van der Waals surface area (Å²) < 4.78 is 0. The molecule has 1 saturated carbocycles. The minimum absolute atomic E-state index is 0.704. The molecular formula is C13H18N2. The number of nitrogens with two attached hydrogens (primary N) is 1. The Morgan fingerprint density at radius 3 is 2.53 bits per heavy atom. The van der Waals surface area contributed by atoms with Crippen LogP contribution in [0.1, 0.15) is 24.8 Å². The van der Waals surface area contributed by atoms with Crippen LogP contribution in [0.5, 0.6) is 0 Å². The number of nitrogens with zero attached hydrogens (tertiary/aromatic N) is 1. The number of benzene rings is 1. The topological polar surface area (TPSA) is 29.3 Å². The van der Waals surface area contributed by atoms with Gasteiger partial charge in [-0.05, 0) is 43.5 Å². The van der Waals surface area contributed by atoms with E-state index < -0.39 is 0 Å². The second-order valence-electron chi connectivity index (χ2n) is 5.25. The van der Waals surface area contributed by atoms with Crippen molar-refractivity contribution in [2.45, 2.75) is 26.2 Å². The molecule has 0 amide bonds. The number of rotatable bonds is 1. The van der Waals surface area contributed by atoms with Crippen molar-refractivity contribution in [3.05, 3.63) is 23.8 Å². The van der Waals surface area contributed by atoms with Crippen LogP contribution in [-0.2, 0) is 0 Å². The molecule has 0 atom stereocenters. The van der Waals surface area contributed by atoms with E-state index in [1.165, 1.54) is 43.6 Å². The van der Waals surface area contributed by atoms with E-state index in [4.69, 9.17) is 5.73 Å². The van der Waals surface area contributed by atoms with Gasteiger partial charge in [0.25, 0.3) is 0 Å². The average molecular weight is 202 g/mol. The third-order valence-electron chi connectivity index (χ3n) is 4.09. The Labute approximate surface area is 91.1 Å². The highest BCUT2D eigenvalue weighted by molar-refractivity contribution is 5.59. The summed E-state index contributed by atoms with van der Waals surface area (Å²) in [6.45, 7) is 4.60. The van der Waals surface area contributed by atoms with Crippen molar-refractivity contribution < 1.29 is 0 Å². The highest BCUT2D eigenvalue weighted by atomic mass is 15.2. The van der Waals surface area contributed by atoms with Gasteiger partial charge < -0.3 is 10.6 Å². The first-order chi connectivity index (χ1) is 7.19. The van der Waals surface area contributed by atoms with Crippen molar-refractivity contribution in [2.75, 3.05) is 23.7 Å². The van der Waals surface area contributed by atoms with Gasteiger partial charge in [0.15, 0.2) is 0 Å². The molecule has 1 spiro atoms. The van der Waals surface area contributed by atoms with Gasteiger partial charge in [-0.25, -0.2) is 0 Å². The predicted octanol–water partition coefficient (Wildman–Crippen LogP) is 2.57. The van der Waals surface area contributed by atoms with E-state index in [2.05, 4.69) is 24.0 Å². The molecule has 1 aliphatic carbocycles. The maximum atomic E-state index is 5.82. The molecular weight excluding hydrogens is 184 g/mol. The second-order valence-corrected chi connectivity index (χ2v) is 5.25. The maximum Gasteiger partial charge on any atom is 0.0370 e. The first-order valence-corrected chi connectivity index (χ1v) is 5.80. The van der Waals surface area contributed by atoms with Crippen LogP contribution in [0.3, 0.4) is 0 Å². The Bertz CT molecular complexity index is 386. The highest BCUT2D eigenvalue weighted by Crippen LogP contribution is 2.49. The van der Waals surface area contributed by atoms with Crippen LogP contribution in [-0.4, -0.2) is 13.1 Å². The molecule has 1 saturated heterocycles. The average Bonchev–Trinajstić information content (AvgIpc) is 2.06. The number of hydrogen-bond acceptors (Lipinski definition) is 2. The first kappa shape index (κ1) is 9.08. The smallest absolute Gasteiger partial charge is 0.0370 e. The zero-order valence-corrected chi connectivity index (χ0v) is 9.29. The van der Waals surface area contributed by atoms with E-state index in [1.807, 2.05) is 6.07 Å². The molecule has 15 heavy (non-hydrogen) atoms. The molecule has 0 aromatic heterocycles. The van der Waals surface area contributed by atoms with Crippen molar-refractivity contribution in [3.63, 3.8) is 0 Å². The highest BCUT2D eigenvalue weighted by Gasteiger charge is 2.47. The summed E-state index contributed by atoms with van der Waals surface area (Å²) in [5.41, 5.74) is 9.97. The summed E-state index contributed by atoms with van der Waals surface area (Å²) >= 11 is 0. The van der Waals surface area contributed by atoms with Gasteiger partial charge in [-0.3, -0.25) is 0 Å². The Morgan fingerprint density at radius 2 is 2.00 bits per heavy atom. The van der Waals surface area contributed by atoms with E-state index >= 15 is 0 Å². The predicted molar refractivity (Wildman–Crippen MR) is 64.1 cm³/mol. The third kappa shape index (κ3) is 1.31. The van der Waals surface area contributed by atoms with Gasteiger partial charge in [-0.1, -0.05) is 6.42 Å². The Balaban J connectivity index is 1.75. The van der Waals surface area contributed by atoms with Crippen LogP contribution in [0.15, 0.2) is 18.2 Å². The molecule has 0 radical (unpaired) electrons. The summed E-state index contributed by atoms with van der Waals surface area (Å²) in [5.74, 6) is 0. The molecule has 2 N–H and O–H groups in total. The van der Waals surface area contributed by atoms with Gasteiger partial charge in [0, 0.05) is 29.9 Å². The van der Waals surface area contributed by atoms with Gasteiger partial charge in [0.1, 0.15) is 0 Å². The third-order valence-corrected chi connectivity index (χ3v) is 4.09. The van der Waals surface area contributed by atoms with Crippen LogP contribution in [0, 0.1) is 12.3 Å².